The molecule has 3 N–H and O–H groups in total. The highest BCUT2D eigenvalue weighted by atomic mass is 35.5. The number of hydrogen-bond donors (Lipinski definition) is 3. The summed E-state index contributed by atoms with van der Waals surface area (Å²) in [6.45, 7) is 1.85. The molecule has 0 fully saturated rings. The number of urea groups is 1. The lowest BCUT2D eigenvalue weighted by molar-refractivity contribution is 0.175. The van der Waals surface area contributed by atoms with Crippen LogP contribution in [0, 0.1) is 18.3 Å². The van der Waals surface area contributed by atoms with E-state index < -0.39 is 12.1 Å². The van der Waals surface area contributed by atoms with E-state index in [1.165, 1.54) is 0 Å². The van der Waals surface area contributed by atoms with Crippen molar-refractivity contribution in [2.75, 3.05) is 11.9 Å². The van der Waals surface area contributed by atoms with Gasteiger partial charge in [0, 0.05) is 22.8 Å². The zero-order valence-corrected chi connectivity index (χ0v) is 13.3. The van der Waals surface area contributed by atoms with E-state index in [0.29, 0.717) is 21.8 Å². The van der Waals surface area contributed by atoms with Crippen LogP contribution in [0.1, 0.15) is 22.8 Å². The van der Waals surface area contributed by atoms with E-state index in [1.807, 2.05) is 13.0 Å². The number of anilines is 1. The monoisotopic (exact) mass is 329 g/mol. The molecule has 0 aromatic heterocycles. The van der Waals surface area contributed by atoms with Crippen LogP contribution < -0.4 is 10.6 Å². The molecule has 2 amide bonds. The number of amides is 2. The Morgan fingerprint density at radius 2 is 2.09 bits per heavy atom. The summed E-state index contributed by atoms with van der Waals surface area (Å²) in [4.78, 5) is 11.9. The number of hydrogen-bond acceptors (Lipinski definition) is 3. The van der Waals surface area contributed by atoms with Gasteiger partial charge in [0.05, 0.1) is 17.7 Å². The minimum Gasteiger partial charge on any atom is -0.387 e. The number of aliphatic hydroxyl groups is 1. The fourth-order valence-electron chi connectivity index (χ4n) is 2.04. The minimum absolute atomic E-state index is 0.0204. The maximum Gasteiger partial charge on any atom is 0.319 e. The Kier molecular flexibility index (Phi) is 5.58. The molecule has 2 rings (SSSR count). The Balaban J connectivity index is 1.96. The number of nitrogens with zero attached hydrogens (tertiary/aromatic N) is 1. The summed E-state index contributed by atoms with van der Waals surface area (Å²) in [5.74, 6) is 0. The lowest BCUT2D eigenvalue weighted by Gasteiger charge is -2.15. The molecule has 0 aliphatic heterocycles. The van der Waals surface area contributed by atoms with Gasteiger partial charge >= 0.3 is 6.03 Å². The van der Waals surface area contributed by atoms with Crippen LogP contribution in [-0.2, 0) is 0 Å². The van der Waals surface area contributed by atoms with Crippen molar-refractivity contribution in [2.24, 2.45) is 0 Å². The fourth-order valence-corrected chi connectivity index (χ4v) is 2.30. The van der Waals surface area contributed by atoms with Gasteiger partial charge in [0.25, 0.3) is 0 Å². The topological polar surface area (TPSA) is 85.2 Å². The number of carbonyl (C=O) groups is 1. The predicted octanol–water partition coefficient (Wildman–Crippen LogP) is 3.38. The summed E-state index contributed by atoms with van der Waals surface area (Å²) in [5.41, 5.74) is 2.40. The van der Waals surface area contributed by atoms with Crippen molar-refractivity contribution in [2.45, 2.75) is 13.0 Å². The molecular weight excluding hydrogens is 314 g/mol. The number of halogens is 1. The standard InChI is InChI=1S/C17H16ClN3O2/c1-11-6-7-12(9-19)8-15(11)21-17(23)20-10-16(22)13-4-2-3-5-14(13)18/h2-8,16,22H,10H2,1H3,(H2,20,21,23). The van der Waals surface area contributed by atoms with Gasteiger partial charge in [0.15, 0.2) is 0 Å². The molecule has 5 nitrogen and oxygen atoms in total. The van der Waals surface area contributed by atoms with Gasteiger partial charge in [-0.15, -0.1) is 0 Å². The second-order valence-electron chi connectivity index (χ2n) is 5.01. The average Bonchev–Trinajstić information content (AvgIpc) is 2.55. The van der Waals surface area contributed by atoms with E-state index in [2.05, 4.69) is 10.6 Å². The first-order chi connectivity index (χ1) is 11.0. The SMILES string of the molecule is Cc1ccc(C#N)cc1NC(=O)NCC(O)c1ccccc1Cl. The second-order valence-corrected chi connectivity index (χ2v) is 5.42. The van der Waals surface area contributed by atoms with E-state index in [-0.39, 0.29) is 6.54 Å². The van der Waals surface area contributed by atoms with E-state index in [4.69, 9.17) is 16.9 Å². The average molecular weight is 330 g/mol. The van der Waals surface area contributed by atoms with E-state index >= 15 is 0 Å². The maximum atomic E-state index is 11.9. The minimum atomic E-state index is -0.902. The second kappa shape index (κ2) is 7.63. The first-order valence-corrected chi connectivity index (χ1v) is 7.37. The highest BCUT2D eigenvalue weighted by Crippen LogP contribution is 2.22. The van der Waals surface area contributed by atoms with Crippen molar-refractivity contribution in [3.8, 4) is 6.07 Å². The lowest BCUT2D eigenvalue weighted by atomic mass is 10.1. The molecule has 0 saturated heterocycles. The van der Waals surface area contributed by atoms with E-state index in [9.17, 15) is 9.90 Å². The van der Waals surface area contributed by atoms with Gasteiger partial charge in [-0.05, 0) is 30.7 Å². The summed E-state index contributed by atoms with van der Waals surface area (Å²) >= 11 is 6.00. The van der Waals surface area contributed by atoms with Gasteiger partial charge in [-0.2, -0.15) is 5.26 Å². The van der Waals surface area contributed by atoms with Gasteiger partial charge < -0.3 is 15.7 Å². The van der Waals surface area contributed by atoms with Gasteiger partial charge in [0.2, 0.25) is 0 Å². The van der Waals surface area contributed by atoms with E-state index in [0.717, 1.165) is 5.56 Å². The molecule has 1 unspecified atom stereocenters. The number of benzene rings is 2. The van der Waals surface area contributed by atoms with Crippen LogP contribution in [-0.4, -0.2) is 17.7 Å². The van der Waals surface area contributed by atoms with Crippen molar-refractivity contribution in [3.05, 3.63) is 64.2 Å². The molecule has 118 valence electrons. The first kappa shape index (κ1) is 16.8. The summed E-state index contributed by atoms with van der Waals surface area (Å²) in [6.07, 6.45) is -0.902. The number of aliphatic hydroxyl groups excluding tert-OH is 1. The summed E-state index contributed by atoms with van der Waals surface area (Å²) in [5, 5.41) is 24.7. The van der Waals surface area contributed by atoms with Crippen LogP contribution in [0.5, 0.6) is 0 Å². The van der Waals surface area contributed by atoms with Gasteiger partial charge in [0.1, 0.15) is 0 Å². The zero-order valence-electron chi connectivity index (χ0n) is 12.5. The molecule has 6 heteroatoms. The molecule has 23 heavy (non-hydrogen) atoms. The van der Waals surface area contributed by atoms with Crippen LogP contribution >= 0.6 is 11.6 Å². The predicted molar refractivity (Wildman–Crippen MR) is 89.3 cm³/mol. The molecule has 1 atom stereocenters. The number of rotatable bonds is 4. The van der Waals surface area contributed by atoms with Crippen molar-refractivity contribution in [1.82, 2.24) is 5.32 Å². The lowest BCUT2D eigenvalue weighted by Crippen LogP contribution is -2.32. The number of aryl methyl sites for hydroxylation is 1. The number of carbonyl (C=O) groups excluding carboxylic acids is 1. The Morgan fingerprint density at radius 1 is 1.35 bits per heavy atom. The summed E-state index contributed by atoms with van der Waals surface area (Å²) in [6, 6.07) is 13.5. The first-order valence-electron chi connectivity index (χ1n) is 6.99. The van der Waals surface area contributed by atoms with Gasteiger partial charge in [-0.25, -0.2) is 4.79 Å². The molecule has 0 saturated carbocycles. The molecule has 0 aliphatic rings. The zero-order chi connectivity index (χ0) is 16.8. The number of nitriles is 1. The van der Waals surface area contributed by atoms with Gasteiger partial charge in [-0.3, -0.25) is 0 Å². The molecular formula is C17H16ClN3O2. The van der Waals surface area contributed by atoms with Crippen molar-refractivity contribution in [3.63, 3.8) is 0 Å². The number of nitrogens with one attached hydrogen (secondary N) is 2. The quantitative estimate of drug-likeness (QED) is 0.803. The van der Waals surface area contributed by atoms with Crippen LogP contribution in [0.4, 0.5) is 10.5 Å². The maximum absolute atomic E-state index is 11.9. The molecule has 0 spiro atoms. The summed E-state index contributed by atoms with van der Waals surface area (Å²) in [7, 11) is 0. The molecule has 0 aliphatic carbocycles. The van der Waals surface area contributed by atoms with Crippen LogP contribution in [0.15, 0.2) is 42.5 Å². The van der Waals surface area contributed by atoms with E-state index in [1.54, 1.807) is 42.5 Å². The van der Waals surface area contributed by atoms with Crippen molar-refractivity contribution >= 4 is 23.3 Å². The molecule has 0 heterocycles. The van der Waals surface area contributed by atoms with Gasteiger partial charge in [-0.1, -0.05) is 35.9 Å². The van der Waals surface area contributed by atoms with Crippen molar-refractivity contribution in [1.29, 1.82) is 5.26 Å². The Morgan fingerprint density at radius 3 is 2.78 bits per heavy atom. The summed E-state index contributed by atoms with van der Waals surface area (Å²) < 4.78 is 0. The normalized spacial score (nSPS) is 11.4. The molecule has 0 bridgehead atoms. The van der Waals surface area contributed by atoms with Crippen molar-refractivity contribution < 1.29 is 9.90 Å². The highest BCUT2D eigenvalue weighted by Gasteiger charge is 2.13. The van der Waals surface area contributed by atoms with Crippen LogP contribution in [0.2, 0.25) is 5.02 Å². The molecule has 0 radical (unpaired) electrons. The largest absolute Gasteiger partial charge is 0.387 e. The van der Waals surface area contributed by atoms with Crippen LogP contribution in [0.25, 0.3) is 0 Å². The third-order valence-corrected chi connectivity index (χ3v) is 3.68. The smallest absolute Gasteiger partial charge is 0.319 e. The molecule has 2 aromatic carbocycles. The third-order valence-electron chi connectivity index (χ3n) is 3.34. The van der Waals surface area contributed by atoms with Crippen LogP contribution in [0.3, 0.4) is 0 Å². The molecule has 2 aromatic rings. The Labute approximate surface area is 139 Å². The highest BCUT2D eigenvalue weighted by molar-refractivity contribution is 6.31. The Hall–Kier alpha value is -2.55. The Bertz CT molecular complexity index is 756. The third kappa shape index (κ3) is 4.46. The fraction of sp³-hybridized carbons (Fsp3) is 0.176.